The fourth-order valence-corrected chi connectivity index (χ4v) is 2.60. The molecular formula is C14H26O2. The van der Waals surface area contributed by atoms with E-state index >= 15 is 0 Å². The molecule has 0 saturated heterocycles. The van der Waals surface area contributed by atoms with Crippen molar-refractivity contribution < 1.29 is 9.53 Å². The molecule has 1 fully saturated rings. The normalized spacial score (nSPS) is 26.8. The summed E-state index contributed by atoms with van der Waals surface area (Å²) in [4.78, 5) is 11.8. The molecule has 0 aliphatic heterocycles. The van der Waals surface area contributed by atoms with Gasteiger partial charge < -0.3 is 4.74 Å². The van der Waals surface area contributed by atoms with Crippen LogP contribution in [-0.2, 0) is 9.53 Å². The van der Waals surface area contributed by atoms with Gasteiger partial charge in [-0.25, -0.2) is 0 Å². The first-order valence-electron chi connectivity index (χ1n) is 6.55. The van der Waals surface area contributed by atoms with Crippen molar-refractivity contribution in [3.8, 4) is 0 Å². The second-order valence-corrected chi connectivity index (χ2v) is 6.02. The fraction of sp³-hybridized carbons (Fsp3) is 0.929. The summed E-state index contributed by atoms with van der Waals surface area (Å²) in [5.41, 5.74) is 0.397. The van der Waals surface area contributed by atoms with E-state index in [1.165, 1.54) is 12.8 Å². The van der Waals surface area contributed by atoms with E-state index in [4.69, 9.17) is 4.74 Å². The highest BCUT2D eigenvalue weighted by Crippen LogP contribution is 2.39. The molecule has 0 aromatic heterocycles. The molecule has 1 aliphatic carbocycles. The Morgan fingerprint density at radius 2 is 1.75 bits per heavy atom. The summed E-state index contributed by atoms with van der Waals surface area (Å²) in [6.07, 6.45) is 4.53. The maximum Gasteiger partial charge on any atom is 0.161 e. The third-order valence-corrected chi connectivity index (χ3v) is 3.86. The Bertz CT molecular complexity index is 219. The summed E-state index contributed by atoms with van der Waals surface area (Å²) >= 11 is 0. The van der Waals surface area contributed by atoms with Crippen LogP contribution in [0.5, 0.6) is 0 Å². The Hall–Kier alpha value is -0.370. The third-order valence-electron chi connectivity index (χ3n) is 3.86. The van der Waals surface area contributed by atoms with Crippen molar-refractivity contribution in [1.82, 2.24) is 0 Å². The predicted molar refractivity (Wildman–Crippen MR) is 66.4 cm³/mol. The standard InChI is InChI=1S/C14H26O2/c1-5-16-10-13(15)11-6-8-12(9-7-11)14(2,3)4/h11-12H,5-10H2,1-4H3. The van der Waals surface area contributed by atoms with E-state index in [1.54, 1.807) is 0 Å². The van der Waals surface area contributed by atoms with Gasteiger partial charge in [0.1, 0.15) is 6.61 Å². The third kappa shape index (κ3) is 3.89. The lowest BCUT2D eigenvalue weighted by Crippen LogP contribution is -2.30. The zero-order chi connectivity index (χ0) is 12.2. The molecule has 1 aliphatic rings. The Kier molecular flexibility index (Phi) is 4.97. The molecule has 16 heavy (non-hydrogen) atoms. The van der Waals surface area contributed by atoms with Gasteiger partial charge in [-0.15, -0.1) is 0 Å². The van der Waals surface area contributed by atoms with E-state index in [-0.39, 0.29) is 5.92 Å². The molecule has 0 aromatic rings. The van der Waals surface area contributed by atoms with Gasteiger partial charge in [0, 0.05) is 12.5 Å². The summed E-state index contributed by atoms with van der Waals surface area (Å²) in [6.45, 7) is 9.81. The number of carbonyl (C=O) groups is 1. The minimum atomic E-state index is 0.269. The van der Waals surface area contributed by atoms with E-state index in [0.29, 0.717) is 24.4 Å². The van der Waals surface area contributed by atoms with Gasteiger partial charge in [-0.2, -0.15) is 0 Å². The van der Waals surface area contributed by atoms with Crippen LogP contribution in [0, 0.1) is 17.3 Å². The van der Waals surface area contributed by atoms with Crippen LogP contribution in [-0.4, -0.2) is 19.0 Å². The highest BCUT2D eigenvalue weighted by molar-refractivity contribution is 5.82. The van der Waals surface area contributed by atoms with Crippen molar-refractivity contribution >= 4 is 5.78 Å². The van der Waals surface area contributed by atoms with Crippen molar-refractivity contribution in [2.24, 2.45) is 17.3 Å². The van der Waals surface area contributed by atoms with Crippen LogP contribution in [0.2, 0.25) is 0 Å². The van der Waals surface area contributed by atoms with Crippen molar-refractivity contribution in [3.63, 3.8) is 0 Å². The van der Waals surface area contributed by atoms with Gasteiger partial charge in [0.15, 0.2) is 5.78 Å². The highest BCUT2D eigenvalue weighted by atomic mass is 16.5. The zero-order valence-corrected chi connectivity index (χ0v) is 11.2. The minimum Gasteiger partial charge on any atom is -0.374 e. The summed E-state index contributed by atoms with van der Waals surface area (Å²) in [6, 6.07) is 0. The van der Waals surface area contributed by atoms with Crippen molar-refractivity contribution in [1.29, 1.82) is 0 Å². The molecular weight excluding hydrogens is 200 g/mol. The van der Waals surface area contributed by atoms with Crippen LogP contribution in [0.1, 0.15) is 53.4 Å². The van der Waals surface area contributed by atoms with Gasteiger partial charge in [0.25, 0.3) is 0 Å². The quantitative estimate of drug-likeness (QED) is 0.734. The van der Waals surface area contributed by atoms with Gasteiger partial charge in [0.05, 0.1) is 0 Å². The van der Waals surface area contributed by atoms with Gasteiger partial charge >= 0.3 is 0 Å². The van der Waals surface area contributed by atoms with Gasteiger partial charge in [-0.05, 0) is 43.9 Å². The molecule has 0 bridgehead atoms. The highest BCUT2D eigenvalue weighted by Gasteiger charge is 2.31. The number of rotatable bonds is 4. The first-order chi connectivity index (χ1) is 7.45. The monoisotopic (exact) mass is 226 g/mol. The van der Waals surface area contributed by atoms with Crippen LogP contribution in [0.3, 0.4) is 0 Å². The van der Waals surface area contributed by atoms with Crippen molar-refractivity contribution in [3.05, 3.63) is 0 Å². The number of hydrogen-bond donors (Lipinski definition) is 0. The Balaban J connectivity index is 2.34. The van der Waals surface area contributed by atoms with Gasteiger partial charge in [-0.3, -0.25) is 4.79 Å². The lowest BCUT2D eigenvalue weighted by molar-refractivity contribution is -0.128. The molecule has 0 spiro atoms. The molecule has 1 rings (SSSR count). The van der Waals surface area contributed by atoms with Crippen LogP contribution in [0.25, 0.3) is 0 Å². The van der Waals surface area contributed by atoms with Crippen molar-refractivity contribution in [2.45, 2.75) is 53.4 Å². The molecule has 0 aromatic carbocycles. The Morgan fingerprint density at radius 1 is 1.19 bits per heavy atom. The fourth-order valence-electron chi connectivity index (χ4n) is 2.60. The van der Waals surface area contributed by atoms with E-state index in [1.807, 2.05) is 6.92 Å². The molecule has 0 radical (unpaired) electrons. The molecule has 1 saturated carbocycles. The molecule has 0 N–H and O–H groups in total. The Morgan fingerprint density at radius 3 is 2.19 bits per heavy atom. The SMILES string of the molecule is CCOCC(=O)C1CCC(C(C)(C)C)CC1. The van der Waals surface area contributed by atoms with Gasteiger partial charge in [0.2, 0.25) is 0 Å². The summed E-state index contributed by atoms with van der Waals surface area (Å²) in [5.74, 6) is 1.36. The molecule has 0 heterocycles. The number of hydrogen-bond acceptors (Lipinski definition) is 2. The average Bonchev–Trinajstić information content (AvgIpc) is 2.25. The molecule has 0 unspecified atom stereocenters. The number of ketones is 1. The molecule has 0 atom stereocenters. The first-order valence-corrected chi connectivity index (χ1v) is 6.55. The summed E-state index contributed by atoms with van der Waals surface area (Å²) < 4.78 is 5.19. The predicted octanol–water partition coefficient (Wildman–Crippen LogP) is 3.44. The molecule has 2 nitrogen and oxygen atoms in total. The number of ether oxygens (including phenoxy) is 1. The topological polar surface area (TPSA) is 26.3 Å². The zero-order valence-electron chi connectivity index (χ0n) is 11.2. The lowest BCUT2D eigenvalue weighted by atomic mass is 9.69. The maximum atomic E-state index is 11.8. The minimum absolute atomic E-state index is 0.269. The van der Waals surface area contributed by atoms with Crippen LogP contribution in [0.15, 0.2) is 0 Å². The number of carbonyl (C=O) groups excluding carboxylic acids is 1. The van der Waals surface area contributed by atoms with E-state index in [2.05, 4.69) is 20.8 Å². The average molecular weight is 226 g/mol. The van der Waals surface area contributed by atoms with E-state index in [0.717, 1.165) is 18.8 Å². The van der Waals surface area contributed by atoms with Crippen molar-refractivity contribution in [2.75, 3.05) is 13.2 Å². The first kappa shape index (κ1) is 13.7. The Labute approximate surface area is 99.8 Å². The maximum absolute atomic E-state index is 11.8. The van der Waals surface area contributed by atoms with E-state index < -0.39 is 0 Å². The van der Waals surface area contributed by atoms with E-state index in [9.17, 15) is 4.79 Å². The number of Topliss-reactive ketones (excluding diaryl/α,β-unsaturated/α-hetero) is 1. The summed E-state index contributed by atoms with van der Waals surface area (Å²) in [5, 5.41) is 0. The molecule has 2 heteroatoms. The largest absolute Gasteiger partial charge is 0.374 e. The second-order valence-electron chi connectivity index (χ2n) is 6.02. The van der Waals surface area contributed by atoms with Crippen LogP contribution in [0.4, 0.5) is 0 Å². The van der Waals surface area contributed by atoms with Crippen LogP contribution >= 0.6 is 0 Å². The lowest BCUT2D eigenvalue weighted by Gasteiger charge is -2.36. The molecule has 94 valence electrons. The summed E-state index contributed by atoms with van der Waals surface area (Å²) in [7, 11) is 0. The second kappa shape index (κ2) is 5.81. The molecule has 0 amide bonds. The smallest absolute Gasteiger partial charge is 0.161 e. The van der Waals surface area contributed by atoms with Gasteiger partial charge in [-0.1, -0.05) is 20.8 Å². The van der Waals surface area contributed by atoms with Crippen LogP contribution < -0.4 is 0 Å².